The van der Waals surface area contributed by atoms with Crippen molar-refractivity contribution < 1.29 is 4.79 Å². The Morgan fingerprint density at radius 1 is 1.46 bits per heavy atom. The molecule has 0 bridgehead atoms. The molecule has 2 aromatic heterocycles. The predicted octanol–water partition coefficient (Wildman–Crippen LogP) is 4.01. The van der Waals surface area contributed by atoms with Gasteiger partial charge in [-0.15, -0.1) is 0 Å². The third-order valence-electron chi connectivity index (χ3n) is 3.62. The summed E-state index contributed by atoms with van der Waals surface area (Å²) in [6.07, 6.45) is 6.42. The summed E-state index contributed by atoms with van der Waals surface area (Å²) in [5, 5.41) is 4.63. The van der Waals surface area contributed by atoms with Crippen LogP contribution in [0.15, 0.2) is 30.7 Å². The predicted molar refractivity (Wildman–Crippen MR) is 101 cm³/mol. The van der Waals surface area contributed by atoms with Crippen molar-refractivity contribution in [2.75, 3.05) is 11.4 Å². The number of hydrogen-bond donors (Lipinski definition) is 1. The minimum absolute atomic E-state index is 0.00536. The lowest BCUT2D eigenvalue weighted by Crippen LogP contribution is -2.32. The smallest absolute Gasteiger partial charge is 0.228 e. The second-order valence-corrected chi connectivity index (χ2v) is 7.17. The topological polar surface area (TPSA) is 51.0 Å². The quantitative estimate of drug-likeness (QED) is 0.753. The first-order valence-corrected chi connectivity index (χ1v) is 8.95. The lowest BCUT2D eigenvalue weighted by atomic mass is 10.1. The average molecular weight is 367 g/mol. The van der Waals surface area contributed by atoms with Gasteiger partial charge in [0.1, 0.15) is 5.69 Å². The largest absolute Gasteiger partial charge is 0.308 e. The molecular formula is C17H23ClN4OS. The van der Waals surface area contributed by atoms with Crippen LogP contribution in [0.1, 0.15) is 33.6 Å². The van der Waals surface area contributed by atoms with Crippen molar-refractivity contribution in [1.29, 1.82) is 0 Å². The Morgan fingerprint density at radius 2 is 2.21 bits per heavy atom. The van der Waals surface area contributed by atoms with Crippen molar-refractivity contribution in [1.82, 2.24) is 14.8 Å². The Balaban J connectivity index is 2.18. The van der Waals surface area contributed by atoms with Gasteiger partial charge in [0.15, 0.2) is 5.15 Å². The van der Waals surface area contributed by atoms with E-state index in [-0.39, 0.29) is 11.2 Å². The van der Waals surface area contributed by atoms with Gasteiger partial charge in [0, 0.05) is 24.4 Å². The summed E-state index contributed by atoms with van der Waals surface area (Å²) in [6, 6.07) is 3.70. The molecule has 0 saturated heterocycles. The van der Waals surface area contributed by atoms with E-state index in [9.17, 15) is 4.79 Å². The summed E-state index contributed by atoms with van der Waals surface area (Å²) in [4.78, 5) is 18.4. The van der Waals surface area contributed by atoms with Gasteiger partial charge in [0.2, 0.25) is 5.91 Å². The van der Waals surface area contributed by atoms with Crippen LogP contribution in [0.4, 0.5) is 5.69 Å². The van der Waals surface area contributed by atoms with Gasteiger partial charge in [-0.3, -0.25) is 9.78 Å². The van der Waals surface area contributed by atoms with Crippen LogP contribution in [0.25, 0.3) is 5.69 Å². The third-order valence-corrected chi connectivity index (χ3v) is 4.29. The van der Waals surface area contributed by atoms with Crippen LogP contribution in [0, 0.1) is 5.92 Å². The Morgan fingerprint density at radius 3 is 2.79 bits per heavy atom. The highest BCUT2D eigenvalue weighted by Crippen LogP contribution is 2.27. The molecule has 1 amide bonds. The summed E-state index contributed by atoms with van der Waals surface area (Å²) in [7, 11) is 0. The van der Waals surface area contributed by atoms with Crippen LogP contribution >= 0.6 is 24.2 Å². The molecule has 0 radical (unpaired) electrons. The van der Waals surface area contributed by atoms with Gasteiger partial charge in [0.25, 0.3) is 0 Å². The van der Waals surface area contributed by atoms with Gasteiger partial charge in [0.05, 0.1) is 18.1 Å². The fourth-order valence-corrected chi connectivity index (χ4v) is 3.38. The number of halogens is 1. The number of nitrogens with zero attached hydrogens (tertiary/aromatic N) is 4. The second-order valence-electron chi connectivity index (χ2n) is 6.09. The zero-order valence-corrected chi connectivity index (χ0v) is 15.8. The van der Waals surface area contributed by atoms with Crippen molar-refractivity contribution in [2.24, 2.45) is 5.92 Å². The number of amides is 1. The highest BCUT2D eigenvalue weighted by Gasteiger charge is 2.22. The van der Waals surface area contributed by atoms with E-state index >= 15 is 0 Å². The van der Waals surface area contributed by atoms with Crippen LogP contribution in [0.3, 0.4) is 0 Å². The van der Waals surface area contributed by atoms with Gasteiger partial charge in [-0.1, -0.05) is 25.4 Å². The summed E-state index contributed by atoms with van der Waals surface area (Å²) in [5.74, 6) is 0.512. The number of carbonyl (C=O) groups is 1. The molecule has 24 heavy (non-hydrogen) atoms. The van der Waals surface area contributed by atoms with Crippen LogP contribution in [-0.2, 0) is 4.79 Å². The molecule has 0 fully saturated rings. The standard InChI is InChI=1S/C17H23ClN4OS/c1-4-21(16(23)9-14(24)8-12(2)3)15-11-22(20-17(15)18)13-6-5-7-19-10-13/h5-7,10-12,14,24H,4,8-9H2,1-3H3. The minimum Gasteiger partial charge on any atom is -0.308 e. The van der Waals surface area contributed by atoms with Crippen LogP contribution in [0.5, 0.6) is 0 Å². The van der Waals surface area contributed by atoms with E-state index in [0.717, 1.165) is 12.1 Å². The van der Waals surface area contributed by atoms with Crippen molar-refractivity contribution in [2.45, 2.75) is 38.9 Å². The number of hydrogen-bond acceptors (Lipinski definition) is 4. The first-order chi connectivity index (χ1) is 11.4. The van der Waals surface area contributed by atoms with Crippen molar-refractivity contribution >= 4 is 35.8 Å². The average Bonchev–Trinajstić information content (AvgIpc) is 2.90. The maximum absolute atomic E-state index is 12.6. The first-order valence-electron chi connectivity index (χ1n) is 8.06. The number of pyridine rings is 1. The molecule has 2 aromatic rings. The maximum Gasteiger partial charge on any atom is 0.228 e. The molecule has 0 spiro atoms. The van der Waals surface area contributed by atoms with Crippen molar-refractivity contribution in [3.05, 3.63) is 35.9 Å². The Hall–Kier alpha value is -1.53. The summed E-state index contributed by atoms with van der Waals surface area (Å²) >= 11 is 10.8. The van der Waals surface area contributed by atoms with Crippen LogP contribution in [0.2, 0.25) is 5.15 Å². The molecule has 0 aliphatic carbocycles. The second kappa shape index (κ2) is 8.53. The molecule has 1 atom stereocenters. The lowest BCUT2D eigenvalue weighted by molar-refractivity contribution is -0.118. The Bertz CT molecular complexity index is 674. The first kappa shape index (κ1) is 18.8. The summed E-state index contributed by atoms with van der Waals surface area (Å²) in [6.45, 7) is 6.70. The Kier molecular flexibility index (Phi) is 6.69. The van der Waals surface area contributed by atoms with Crippen molar-refractivity contribution in [3.8, 4) is 5.69 Å². The molecular weight excluding hydrogens is 344 g/mol. The van der Waals surface area contributed by atoms with Gasteiger partial charge >= 0.3 is 0 Å². The molecule has 2 heterocycles. The molecule has 0 aliphatic rings. The molecule has 0 N–H and O–H groups in total. The molecule has 130 valence electrons. The molecule has 0 aromatic carbocycles. The summed E-state index contributed by atoms with van der Waals surface area (Å²) in [5.41, 5.74) is 1.40. The van der Waals surface area contributed by atoms with E-state index < -0.39 is 0 Å². The van der Waals surface area contributed by atoms with Gasteiger partial charge in [-0.2, -0.15) is 17.7 Å². The van der Waals surface area contributed by atoms with E-state index in [4.69, 9.17) is 11.6 Å². The minimum atomic E-state index is 0.00536. The van der Waals surface area contributed by atoms with E-state index in [1.54, 1.807) is 28.2 Å². The molecule has 2 rings (SSSR count). The molecule has 1 unspecified atom stereocenters. The zero-order valence-electron chi connectivity index (χ0n) is 14.2. The number of anilines is 1. The number of carbonyl (C=O) groups excluding carboxylic acids is 1. The monoisotopic (exact) mass is 366 g/mol. The highest BCUT2D eigenvalue weighted by molar-refractivity contribution is 7.81. The molecule has 7 heteroatoms. The van der Waals surface area contributed by atoms with Crippen LogP contribution in [-0.4, -0.2) is 32.5 Å². The highest BCUT2D eigenvalue weighted by atomic mass is 35.5. The van der Waals surface area contributed by atoms with E-state index in [1.165, 1.54) is 0 Å². The molecule has 5 nitrogen and oxygen atoms in total. The van der Waals surface area contributed by atoms with Gasteiger partial charge in [-0.05, 0) is 31.4 Å². The lowest BCUT2D eigenvalue weighted by Gasteiger charge is -2.22. The van der Waals surface area contributed by atoms with E-state index in [0.29, 0.717) is 29.7 Å². The normalized spacial score (nSPS) is 12.4. The molecule has 0 aliphatic heterocycles. The SMILES string of the molecule is CCN(C(=O)CC(S)CC(C)C)c1cn(-c2cccnc2)nc1Cl. The fraction of sp³-hybridized carbons (Fsp3) is 0.471. The number of thiol groups is 1. The van der Waals surface area contributed by atoms with Crippen molar-refractivity contribution in [3.63, 3.8) is 0 Å². The number of rotatable bonds is 7. The third kappa shape index (κ3) is 4.74. The Labute approximate surface area is 153 Å². The van der Waals surface area contributed by atoms with Crippen LogP contribution < -0.4 is 4.90 Å². The van der Waals surface area contributed by atoms with E-state index in [2.05, 4.69) is 36.6 Å². The summed E-state index contributed by atoms with van der Waals surface area (Å²) < 4.78 is 1.63. The van der Waals surface area contributed by atoms with Gasteiger partial charge in [-0.25, -0.2) is 4.68 Å². The molecule has 0 saturated carbocycles. The maximum atomic E-state index is 12.6. The van der Waals surface area contributed by atoms with E-state index in [1.807, 2.05) is 19.1 Å². The fourth-order valence-electron chi connectivity index (χ4n) is 2.57. The zero-order chi connectivity index (χ0) is 17.7. The number of aromatic nitrogens is 3. The van der Waals surface area contributed by atoms with Gasteiger partial charge < -0.3 is 4.90 Å².